The van der Waals surface area contributed by atoms with Gasteiger partial charge in [0, 0.05) is 10.6 Å². The molecule has 0 N–H and O–H groups in total. The third-order valence-electron chi connectivity index (χ3n) is 3.52. The van der Waals surface area contributed by atoms with Gasteiger partial charge in [-0.2, -0.15) is 0 Å². The minimum absolute atomic E-state index is 0.165. The van der Waals surface area contributed by atoms with Crippen molar-refractivity contribution < 1.29 is 9.13 Å². The number of rotatable bonds is 5. The van der Waals surface area contributed by atoms with Gasteiger partial charge in [0.2, 0.25) is 0 Å². The van der Waals surface area contributed by atoms with Crippen molar-refractivity contribution in [1.29, 1.82) is 0 Å². The van der Waals surface area contributed by atoms with Gasteiger partial charge in [0.25, 0.3) is 0 Å². The Labute approximate surface area is 137 Å². The van der Waals surface area contributed by atoms with E-state index in [1.54, 1.807) is 6.07 Å². The first kappa shape index (κ1) is 15.7. The van der Waals surface area contributed by atoms with E-state index in [4.69, 9.17) is 4.74 Å². The molecule has 3 rings (SSSR count). The Bertz CT molecular complexity index is 787. The van der Waals surface area contributed by atoms with Crippen molar-refractivity contribution >= 4 is 19.2 Å². The summed E-state index contributed by atoms with van der Waals surface area (Å²) in [4.78, 5) is 0. The van der Waals surface area contributed by atoms with Gasteiger partial charge in [-0.05, 0) is 30.7 Å². The molecule has 0 aliphatic heterocycles. The minimum Gasteiger partial charge on any atom is -0.488 e. The Morgan fingerprint density at radius 1 is 0.870 bits per heavy atom. The van der Waals surface area contributed by atoms with Gasteiger partial charge in [-0.15, -0.1) is 0 Å². The third kappa shape index (κ3) is 4.18. The number of ether oxygens (including phenoxy) is 1. The first-order chi connectivity index (χ1) is 11.2. The van der Waals surface area contributed by atoms with Gasteiger partial charge in [-0.1, -0.05) is 68.7 Å². The van der Waals surface area contributed by atoms with Crippen molar-refractivity contribution in [2.45, 2.75) is 13.5 Å². The van der Waals surface area contributed by atoms with E-state index in [-0.39, 0.29) is 14.4 Å². The molecule has 0 heterocycles. The molecule has 0 saturated carbocycles. The fourth-order valence-corrected chi connectivity index (χ4v) is 3.56. The predicted octanol–water partition coefficient (Wildman–Crippen LogP) is 4.34. The monoisotopic (exact) mass is 324 g/mol. The van der Waals surface area contributed by atoms with Crippen molar-refractivity contribution in [1.82, 2.24) is 0 Å². The van der Waals surface area contributed by atoms with Crippen LogP contribution >= 0.6 is 8.58 Å². The number of aryl methyl sites for hydroxylation is 1. The molecule has 0 saturated heterocycles. The van der Waals surface area contributed by atoms with E-state index in [2.05, 4.69) is 6.07 Å². The maximum absolute atomic E-state index is 13.9. The van der Waals surface area contributed by atoms with Gasteiger partial charge in [-0.3, -0.25) is 0 Å². The summed E-state index contributed by atoms with van der Waals surface area (Å²) >= 11 is 0. The number of hydrogen-bond acceptors (Lipinski definition) is 1. The van der Waals surface area contributed by atoms with Gasteiger partial charge >= 0.3 is 0 Å². The lowest BCUT2D eigenvalue weighted by atomic mass is 10.2. The molecule has 0 amide bonds. The van der Waals surface area contributed by atoms with Crippen molar-refractivity contribution in [3.63, 3.8) is 0 Å². The van der Waals surface area contributed by atoms with E-state index in [0.717, 1.165) is 22.2 Å². The minimum atomic E-state index is -0.165. The van der Waals surface area contributed by atoms with Crippen LogP contribution in [0.15, 0.2) is 72.8 Å². The molecule has 3 aromatic carbocycles. The molecule has 0 aromatic heterocycles. The van der Waals surface area contributed by atoms with Gasteiger partial charge in [0.15, 0.2) is 0 Å². The SMILES string of the molecule is Cc1ccc(OCc2ccccc2)c(Pc2ccccc2F)c1. The van der Waals surface area contributed by atoms with Crippen molar-refractivity contribution in [2.24, 2.45) is 0 Å². The second kappa shape index (κ2) is 7.39. The molecular formula is C20H18FOP. The lowest BCUT2D eigenvalue weighted by Crippen LogP contribution is -2.11. The maximum Gasteiger partial charge on any atom is 0.130 e. The summed E-state index contributed by atoms with van der Waals surface area (Å²) in [6.45, 7) is 2.55. The van der Waals surface area contributed by atoms with Crippen LogP contribution in [0.5, 0.6) is 5.75 Å². The molecule has 0 fully saturated rings. The molecule has 23 heavy (non-hydrogen) atoms. The molecule has 1 atom stereocenters. The summed E-state index contributed by atoms with van der Waals surface area (Å²) in [7, 11) is 0.238. The Morgan fingerprint density at radius 3 is 2.39 bits per heavy atom. The van der Waals surface area contributed by atoms with E-state index in [1.165, 1.54) is 6.07 Å². The molecule has 0 aliphatic carbocycles. The summed E-state index contributed by atoms with van der Waals surface area (Å²) in [5.74, 6) is 0.655. The zero-order chi connectivity index (χ0) is 16.1. The summed E-state index contributed by atoms with van der Waals surface area (Å²) in [6.07, 6.45) is 0. The average Bonchev–Trinajstić information content (AvgIpc) is 2.57. The van der Waals surface area contributed by atoms with Crippen molar-refractivity contribution in [3.8, 4) is 5.75 Å². The number of benzene rings is 3. The second-order valence-electron chi connectivity index (χ2n) is 5.38. The Hall–Kier alpha value is -2.18. The van der Waals surface area contributed by atoms with Gasteiger partial charge in [0.1, 0.15) is 18.2 Å². The summed E-state index contributed by atoms with van der Waals surface area (Å²) in [5, 5.41) is 1.74. The third-order valence-corrected chi connectivity index (χ3v) is 4.85. The van der Waals surface area contributed by atoms with E-state index < -0.39 is 0 Å². The van der Waals surface area contributed by atoms with Crippen LogP contribution in [0.1, 0.15) is 11.1 Å². The lowest BCUT2D eigenvalue weighted by Gasteiger charge is -2.13. The van der Waals surface area contributed by atoms with Crippen molar-refractivity contribution in [2.75, 3.05) is 0 Å². The topological polar surface area (TPSA) is 9.23 Å². The highest BCUT2D eigenvalue weighted by Crippen LogP contribution is 2.22. The molecule has 3 heteroatoms. The van der Waals surface area contributed by atoms with Gasteiger partial charge in [-0.25, -0.2) is 4.39 Å². The maximum atomic E-state index is 13.9. The smallest absolute Gasteiger partial charge is 0.130 e. The fraction of sp³-hybridized carbons (Fsp3) is 0.100. The van der Waals surface area contributed by atoms with E-state index >= 15 is 0 Å². The first-order valence-corrected chi connectivity index (χ1v) is 8.51. The molecule has 3 aromatic rings. The highest BCUT2D eigenvalue weighted by molar-refractivity contribution is 7.55. The molecule has 1 unspecified atom stereocenters. The predicted molar refractivity (Wildman–Crippen MR) is 95.9 cm³/mol. The van der Waals surface area contributed by atoms with E-state index in [1.807, 2.05) is 61.5 Å². The Kier molecular flexibility index (Phi) is 5.05. The highest BCUT2D eigenvalue weighted by Gasteiger charge is 2.09. The summed E-state index contributed by atoms with van der Waals surface area (Å²) in [6, 6.07) is 23.0. The zero-order valence-corrected chi connectivity index (χ0v) is 13.9. The Balaban J connectivity index is 1.82. The summed E-state index contributed by atoms with van der Waals surface area (Å²) in [5.41, 5.74) is 2.27. The lowest BCUT2D eigenvalue weighted by molar-refractivity contribution is 0.309. The molecule has 0 aliphatic rings. The summed E-state index contributed by atoms with van der Waals surface area (Å²) < 4.78 is 19.9. The molecular weight excluding hydrogens is 306 g/mol. The number of halogens is 1. The van der Waals surface area contributed by atoms with Crippen LogP contribution in [0.3, 0.4) is 0 Å². The van der Waals surface area contributed by atoms with E-state index in [0.29, 0.717) is 11.9 Å². The molecule has 116 valence electrons. The van der Waals surface area contributed by atoms with Crippen molar-refractivity contribution in [3.05, 3.63) is 89.7 Å². The van der Waals surface area contributed by atoms with E-state index in [9.17, 15) is 4.39 Å². The number of hydrogen-bond donors (Lipinski definition) is 0. The van der Waals surface area contributed by atoms with Crippen LogP contribution in [0.4, 0.5) is 4.39 Å². The largest absolute Gasteiger partial charge is 0.488 e. The fourth-order valence-electron chi connectivity index (χ4n) is 2.31. The zero-order valence-electron chi connectivity index (χ0n) is 12.9. The quantitative estimate of drug-likeness (QED) is 0.634. The molecule has 0 bridgehead atoms. The first-order valence-electron chi connectivity index (χ1n) is 7.51. The van der Waals surface area contributed by atoms with Crippen LogP contribution in [0.2, 0.25) is 0 Å². The average molecular weight is 324 g/mol. The second-order valence-corrected chi connectivity index (χ2v) is 6.71. The van der Waals surface area contributed by atoms with Gasteiger partial charge in [0.05, 0.1) is 0 Å². The van der Waals surface area contributed by atoms with Crippen LogP contribution in [-0.4, -0.2) is 0 Å². The molecule has 0 radical (unpaired) electrons. The van der Waals surface area contributed by atoms with Crippen LogP contribution in [0.25, 0.3) is 0 Å². The standard InChI is InChI=1S/C20H18FOP/c1-15-11-12-18(22-14-16-7-3-2-4-8-16)20(13-15)23-19-10-6-5-9-17(19)21/h2-13,23H,14H2,1H3. The van der Waals surface area contributed by atoms with Crippen LogP contribution < -0.4 is 15.3 Å². The molecule has 1 nitrogen and oxygen atoms in total. The normalized spacial score (nSPS) is 11.0. The van der Waals surface area contributed by atoms with Crippen LogP contribution in [-0.2, 0) is 6.61 Å². The Morgan fingerprint density at radius 2 is 1.61 bits per heavy atom. The van der Waals surface area contributed by atoms with Gasteiger partial charge < -0.3 is 4.74 Å². The molecule has 0 spiro atoms. The highest BCUT2D eigenvalue weighted by atomic mass is 31.1. The van der Waals surface area contributed by atoms with Crippen LogP contribution in [0, 0.1) is 12.7 Å².